The molecule has 0 unspecified atom stereocenters. The smallest absolute Gasteiger partial charge is 0.362 e. The molecular weight excluding hydrogens is 238 g/mol. The molecule has 1 heterocycles. The van der Waals surface area contributed by atoms with Gasteiger partial charge in [0.1, 0.15) is 6.61 Å². The second-order valence-electron chi connectivity index (χ2n) is 3.64. The van der Waals surface area contributed by atoms with E-state index in [4.69, 9.17) is 9.84 Å². The average molecular weight is 254 g/mol. The van der Waals surface area contributed by atoms with Crippen LogP contribution in [0.4, 0.5) is 0 Å². The molecule has 0 bridgehead atoms. The lowest BCUT2D eigenvalue weighted by molar-refractivity contribution is -0.519. The Morgan fingerprint density at radius 1 is 1.24 bits per heavy atom. The number of halogens is 1. The highest BCUT2D eigenvalue weighted by atomic mass is 35.5. The van der Waals surface area contributed by atoms with Crippen molar-refractivity contribution < 1.29 is 26.8 Å². The van der Waals surface area contributed by atoms with Crippen molar-refractivity contribution in [2.45, 2.75) is 0 Å². The average Bonchev–Trinajstić information content (AvgIpc) is 2.76. The first kappa shape index (κ1) is 13.7. The molecule has 1 N–H and O–H groups in total. The zero-order valence-corrected chi connectivity index (χ0v) is 10.3. The van der Waals surface area contributed by atoms with Crippen LogP contribution in [0, 0.1) is 0 Å². The van der Waals surface area contributed by atoms with E-state index in [1.165, 1.54) is 0 Å². The van der Waals surface area contributed by atoms with Gasteiger partial charge in [-0.15, -0.1) is 0 Å². The minimum Gasteiger partial charge on any atom is -1.00 e. The Bertz CT molecular complexity index is 401. The van der Waals surface area contributed by atoms with Gasteiger partial charge < -0.3 is 22.3 Å². The zero-order chi connectivity index (χ0) is 11.2. The summed E-state index contributed by atoms with van der Waals surface area (Å²) in [5.41, 5.74) is 1.15. The Kier molecular flexibility index (Phi) is 5.73. The molecule has 0 radical (unpaired) electrons. The summed E-state index contributed by atoms with van der Waals surface area (Å²) in [6.45, 7) is 2.35. The van der Waals surface area contributed by atoms with Gasteiger partial charge in [-0.05, 0) is 11.6 Å². The molecule has 0 saturated heterocycles. The molecule has 4 heteroatoms. The Morgan fingerprint density at radius 2 is 2.00 bits per heavy atom. The molecule has 0 fully saturated rings. The number of hydrogen-bond acceptors (Lipinski definition) is 2. The monoisotopic (exact) mass is 253 g/mol. The van der Waals surface area contributed by atoms with Crippen molar-refractivity contribution in [3.8, 4) is 0 Å². The maximum atomic E-state index is 8.90. The Hall–Kier alpha value is -1.32. The van der Waals surface area contributed by atoms with E-state index >= 15 is 0 Å². The van der Waals surface area contributed by atoms with E-state index in [-0.39, 0.29) is 19.0 Å². The molecule has 1 aliphatic heterocycles. The fourth-order valence-corrected chi connectivity index (χ4v) is 1.69. The van der Waals surface area contributed by atoms with E-state index in [1.54, 1.807) is 0 Å². The van der Waals surface area contributed by atoms with Crippen LogP contribution >= 0.6 is 0 Å². The maximum Gasteiger partial charge on any atom is 0.362 e. The summed E-state index contributed by atoms with van der Waals surface area (Å²) in [5.74, 6) is 0.845. The van der Waals surface area contributed by atoms with E-state index < -0.39 is 0 Å². The predicted octanol–water partition coefficient (Wildman–Crippen LogP) is -1.86. The van der Waals surface area contributed by atoms with Gasteiger partial charge in [0.25, 0.3) is 0 Å². The lowest BCUT2D eigenvalue weighted by Crippen LogP contribution is -3.00. The molecule has 1 aromatic carbocycles. The molecule has 2 rings (SSSR count). The summed E-state index contributed by atoms with van der Waals surface area (Å²) >= 11 is 0. The highest BCUT2D eigenvalue weighted by molar-refractivity contribution is 5.88. The second kappa shape index (κ2) is 7.09. The molecule has 0 spiro atoms. The maximum absolute atomic E-state index is 8.90. The number of β-amino-alcohol motifs (C(OH)–C–C–N with tert-alkyl or cyclic N) is 1. The standard InChI is InChI=1S/C13H16NO2.ClH/c15-10-8-14-9-11-16-13(14)7-6-12-4-2-1-3-5-12;/h1-7,15H,8-11H2;1H/q+1;/p-1/b7-6+;. The summed E-state index contributed by atoms with van der Waals surface area (Å²) in [7, 11) is 0. The molecular formula is C13H16ClNO2. The first-order valence-electron chi connectivity index (χ1n) is 5.49. The number of rotatable bonds is 4. The quantitative estimate of drug-likeness (QED) is 0.639. The number of benzene rings is 1. The van der Waals surface area contributed by atoms with Crippen molar-refractivity contribution >= 4 is 12.0 Å². The third kappa shape index (κ3) is 3.88. The van der Waals surface area contributed by atoms with Crippen LogP contribution < -0.4 is 12.4 Å². The Balaban J connectivity index is 0.00000144. The van der Waals surface area contributed by atoms with Crippen molar-refractivity contribution in [2.24, 2.45) is 0 Å². The molecule has 0 amide bonds. The van der Waals surface area contributed by atoms with Gasteiger partial charge in [0.15, 0.2) is 19.7 Å². The molecule has 3 nitrogen and oxygen atoms in total. The number of hydrogen-bond donors (Lipinski definition) is 1. The van der Waals surface area contributed by atoms with Gasteiger partial charge in [-0.25, -0.2) is 0 Å². The molecule has 1 aliphatic rings. The molecule has 17 heavy (non-hydrogen) atoms. The summed E-state index contributed by atoms with van der Waals surface area (Å²) in [6.07, 6.45) is 3.98. The number of nitrogens with zero attached hydrogens (tertiary/aromatic N) is 1. The number of ether oxygens (including phenoxy) is 1. The summed E-state index contributed by atoms with van der Waals surface area (Å²) in [4.78, 5) is 0. The van der Waals surface area contributed by atoms with Crippen molar-refractivity contribution in [3.05, 3.63) is 42.0 Å². The van der Waals surface area contributed by atoms with Gasteiger partial charge in [0.05, 0.1) is 6.08 Å². The zero-order valence-electron chi connectivity index (χ0n) is 9.55. The fourth-order valence-electron chi connectivity index (χ4n) is 1.69. The van der Waals surface area contributed by atoms with E-state index in [0.717, 1.165) is 18.0 Å². The van der Waals surface area contributed by atoms with E-state index in [2.05, 4.69) is 0 Å². The van der Waals surface area contributed by atoms with E-state index in [1.807, 2.05) is 47.1 Å². The third-order valence-electron chi connectivity index (χ3n) is 2.51. The molecule has 1 aromatic rings. The van der Waals surface area contributed by atoms with Crippen molar-refractivity contribution in [1.29, 1.82) is 0 Å². The van der Waals surface area contributed by atoms with Crippen LogP contribution in [0.3, 0.4) is 0 Å². The second-order valence-corrected chi connectivity index (χ2v) is 3.64. The van der Waals surface area contributed by atoms with Crippen molar-refractivity contribution in [1.82, 2.24) is 0 Å². The topological polar surface area (TPSA) is 32.5 Å². The SMILES string of the molecule is OCC[N+]1=C(/C=C/c2ccccc2)OCC1.[Cl-]. The van der Waals surface area contributed by atoms with Gasteiger partial charge in [-0.2, -0.15) is 4.58 Å². The van der Waals surface area contributed by atoms with Gasteiger partial charge in [0, 0.05) is 0 Å². The van der Waals surface area contributed by atoms with Crippen LogP contribution in [0.25, 0.3) is 6.08 Å². The third-order valence-corrected chi connectivity index (χ3v) is 2.51. The first-order chi connectivity index (χ1) is 7.90. The van der Waals surface area contributed by atoms with Crippen LogP contribution in [-0.4, -0.2) is 41.9 Å². The molecule has 0 aromatic heterocycles. The van der Waals surface area contributed by atoms with Crippen LogP contribution in [0.5, 0.6) is 0 Å². The number of aliphatic hydroxyl groups excluding tert-OH is 1. The lowest BCUT2D eigenvalue weighted by Gasteiger charge is -1.94. The minimum absolute atomic E-state index is 0. The number of aliphatic hydroxyl groups is 1. The summed E-state index contributed by atoms with van der Waals surface area (Å²) in [6, 6.07) is 10.1. The Morgan fingerprint density at radius 3 is 2.71 bits per heavy atom. The van der Waals surface area contributed by atoms with Gasteiger partial charge in [0.2, 0.25) is 0 Å². The van der Waals surface area contributed by atoms with Gasteiger partial charge in [-0.1, -0.05) is 30.3 Å². The molecule has 0 aliphatic carbocycles. The van der Waals surface area contributed by atoms with Crippen LogP contribution in [0.15, 0.2) is 36.4 Å². The molecule has 0 atom stereocenters. The predicted molar refractivity (Wildman–Crippen MR) is 63.5 cm³/mol. The summed E-state index contributed by atoms with van der Waals surface area (Å²) in [5, 5.41) is 8.90. The van der Waals surface area contributed by atoms with Crippen LogP contribution in [0.2, 0.25) is 0 Å². The van der Waals surface area contributed by atoms with Gasteiger partial charge in [-0.3, -0.25) is 0 Å². The van der Waals surface area contributed by atoms with Crippen LogP contribution in [-0.2, 0) is 4.74 Å². The lowest BCUT2D eigenvalue weighted by atomic mass is 10.2. The van der Waals surface area contributed by atoms with E-state index in [0.29, 0.717) is 13.2 Å². The molecule has 0 saturated carbocycles. The molecule has 92 valence electrons. The Labute approximate surface area is 107 Å². The van der Waals surface area contributed by atoms with Crippen LogP contribution in [0.1, 0.15) is 5.56 Å². The largest absolute Gasteiger partial charge is 1.00 e. The highest BCUT2D eigenvalue weighted by Gasteiger charge is 2.20. The fraction of sp³-hybridized carbons (Fsp3) is 0.308. The van der Waals surface area contributed by atoms with Crippen molar-refractivity contribution in [3.63, 3.8) is 0 Å². The minimum atomic E-state index is 0. The van der Waals surface area contributed by atoms with E-state index in [9.17, 15) is 0 Å². The normalized spacial score (nSPS) is 14.9. The van der Waals surface area contributed by atoms with Crippen molar-refractivity contribution in [2.75, 3.05) is 26.3 Å². The van der Waals surface area contributed by atoms with Gasteiger partial charge >= 0.3 is 5.90 Å². The summed E-state index contributed by atoms with van der Waals surface area (Å²) < 4.78 is 7.53. The highest BCUT2D eigenvalue weighted by Crippen LogP contribution is 2.03. The first-order valence-corrected chi connectivity index (χ1v) is 5.49.